The minimum atomic E-state index is -0.532. The van der Waals surface area contributed by atoms with Gasteiger partial charge in [-0.05, 0) is 63.8 Å². The number of benzene rings is 2. The van der Waals surface area contributed by atoms with Crippen LogP contribution in [0, 0.1) is 0 Å². The van der Waals surface area contributed by atoms with Crippen LogP contribution in [-0.4, -0.2) is 41.5 Å². The van der Waals surface area contributed by atoms with E-state index in [0.29, 0.717) is 12.6 Å². The van der Waals surface area contributed by atoms with Crippen LogP contribution in [0.4, 0.5) is 0 Å². The van der Waals surface area contributed by atoms with Gasteiger partial charge in [0.1, 0.15) is 18.5 Å². The Balaban J connectivity index is 1.45. The van der Waals surface area contributed by atoms with Gasteiger partial charge >= 0.3 is 0 Å². The van der Waals surface area contributed by atoms with E-state index in [1.54, 1.807) is 0 Å². The van der Waals surface area contributed by atoms with Crippen LogP contribution in [0.25, 0.3) is 11.1 Å². The summed E-state index contributed by atoms with van der Waals surface area (Å²) in [5, 5.41) is 17.5. The molecule has 1 heterocycles. The lowest BCUT2D eigenvalue weighted by molar-refractivity contribution is 0.0901. The first-order valence-corrected chi connectivity index (χ1v) is 10.2. The Kier molecular flexibility index (Phi) is 6.43. The molecule has 1 saturated heterocycles. The number of ether oxygens (including phenoxy) is 1. The van der Waals surface area contributed by atoms with Gasteiger partial charge in [0.15, 0.2) is 0 Å². The van der Waals surface area contributed by atoms with Gasteiger partial charge in [-0.15, -0.1) is 0 Å². The van der Waals surface area contributed by atoms with Crippen molar-refractivity contribution in [2.24, 2.45) is 0 Å². The van der Waals surface area contributed by atoms with Crippen LogP contribution in [0.15, 0.2) is 54.6 Å². The highest BCUT2D eigenvalue weighted by molar-refractivity contribution is 5.63. The average molecular weight is 383 g/mol. The number of piperidine rings is 1. The van der Waals surface area contributed by atoms with Crippen LogP contribution in [0.5, 0.6) is 5.75 Å². The van der Waals surface area contributed by atoms with Gasteiger partial charge in [0.2, 0.25) is 0 Å². The molecule has 1 aliphatic rings. The van der Waals surface area contributed by atoms with Crippen molar-refractivity contribution in [1.82, 2.24) is 10.6 Å². The van der Waals surface area contributed by atoms with E-state index in [1.165, 1.54) is 5.56 Å². The fraction of sp³-hybridized carbons (Fsp3) is 0.500. The molecule has 0 saturated carbocycles. The first kappa shape index (κ1) is 20.8. The first-order chi connectivity index (χ1) is 13.2. The second-order valence-corrected chi connectivity index (χ2v) is 9.26. The van der Waals surface area contributed by atoms with E-state index in [0.717, 1.165) is 24.2 Å². The van der Waals surface area contributed by atoms with E-state index in [1.807, 2.05) is 30.3 Å². The standard InChI is InChI=1S/C24H34N2O2/c1-23(2)14-20(15-24(3,4)26-23)25-16-21(27)17-28-22-12-10-19(11-13-22)18-8-6-5-7-9-18/h5-13,20-21,25-27H,14-17H2,1-4H3/t21-/m0/s1. The lowest BCUT2D eigenvalue weighted by Crippen LogP contribution is -2.62. The summed E-state index contributed by atoms with van der Waals surface area (Å²) in [7, 11) is 0. The SMILES string of the molecule is CC1(C)CC(NC[C@H](O)COc2ccc(-c3ccccc3)cc2)CC(C)(C)N1. The van der Waals surface area contributed by atoms with Crippen molar-refractivity contribution >= 4 is 0 Å². The van der Waals surface area contributed by atoms with Gasteiger partial charge in [0.25, 0.3) is 0 Å². The fourth-order valence-corrected chi connectivity index (χ4v) is 4.39. The molecule has 0 amide bonds. The highest BCUT2D eigenvalue weighted by Gasteiger charge is 2.37. The van der Waals surface area contributed by atoms with Crippen LogP contribution < -0.4 is 15.4 Å². The summed E-state index contributed by atoms with van der Waals surface area (Å²) in [5.41, 5.74) is 2.54. The van der Waals surface area contributed by atoms with Crippen LogP contribution in [0.3, 0.4) is 0 Å². The summed E-state index contributed by atoms with van der Waals surface area (Å²) in [6.07, 6.45) is 1.56. The summed E-state index contributed by atoms with van der Waals surface area (Å²) >= 11 is 0. The minimum absolute atomic E-state index is 0.0986. The third-order valence-electron chi connectivity index (χ3n) is 5.24. The van der Waals surface area contributed by atoms with E-state index in [9.17, 15) is 5.11 Å². The van der Waals surface area contributed by atoms with Crippen LogP contribution in [0.1, 0.15) is 40.5 Å². The minimum Gasteiger partial charge on any atom is -0.491 e. The molecule has 0 unspecified atom stereocenters. The predicted molar refractivity (Wildman–Crippen MR) is 116 cm³/mol. The maximum Gasteiger partial charge on any atom is 0.119 e. The molecule has 0 aromatic heterocycles. The summed E-state index contributed by atoms with van der Waals surface area (Å²) in [6, 6.07) is 18.7. The van der Waals surface area contributed by atoms with Crippen molar-refractivity contribution in [3.8, 4) is 16.9 Å². The topological polar surface area (TPSA) is 53.5 Å². The van der Waals surface area contributed by atoms with Crippen LogP contribution in [0.2, 0.25) is 0 Å². The van der Waals surface area contributed by atoms with E-state index in [2.05, 4.69) is 62.6 Å². The first-order valence-electron chi connectivity index (χ1n) is 10.2. The Bertz CT molecular complexity index is 725. The Labute approximate surface area is 169 Å². The third-order valence-corrected chi connectivity index (χ3v) is 5.24. The molecule has 3 N–H and O–H groups in total. The molecule has 2 aromatic rings. The summed E-state index contributed by atoms with van der Waals surface area (Å²) in [6.45, 7) is 9.78. The fourth-order valence-electron chi connectivity index (χ4n) is 4.39. The molecule has 0 radical (unpaired) electrons. The molecule has 1 atom stereocenters. The lowest BCUT2D eigenvalue weighted by atomic mass is 9.79. The predicted octanol–water partition coefficient (Wildman–Crippen LogP) is 3.99. The van der Waals surface area contributed by atoms with Gasteiger partial charge in [0, 0.05) is 23.7 Å². The molecule has 152 valence electrons. The molecule has 0 bridgehead atoms. The third kappa shape index (κ3) is 6.06. The van der Waals surface area contributed by atoms with E-state index >= 15 is 0 Å². The number of aliphatic hydroxyl groups excluding tert-OH is 1. The zero-order valence-electron chi connectivity index (χ0n) is 17.5. The van der Waals surface area contributed by atoms with Gasteiger partial charge in [-0.25, -0.2) is 0 Å². The summed E-state index contributed by atoms with van der Waals surface area (Å²) < 4.78 is 5.78. The lowest BCUT2D eigenvalue weighted by Gasteiger charge is -2.47. The Hall–Kier alpha value is -1.88. The Morgan fingerprint density at radius 1 is 0.964 bits per heavy atom. The molecule has 4 nitrogen and oxygen atoms in total. The van der Waals surface area contributed by atoms with E-state index in [4.69, 9.17) is 4.74 Å². The second kappa shape index (κ2) is 8.64. The van der Waals surface area contributed by atoms with E-state index < -0.39 is 6.10 Å². The van der Waals surface area contributed by atoms with Gasteiger partial charge in [-0.2, -0.15) is 0 Å². The number of aliphatic hydroxyl groups is 1. The molecule has 3 rings (SSSR count). The van der Waals surface area contributed by atoms with Crippen molar-refractivity contribution < 1.29 is 9.84 Å². The van der Waals surface area contributed by atoms with Crippen molar-refractivity contribution in [2.45, 2.75) is 63.8 Å². The maximum atomic E-state index is 10.3. The highest BCUT2D eigenvalue weighted by Crippen LogP contribution is 2.28. The number of hydrogen-bond acceptors (Lipinski definition) is 4. The molecular weight excluding hydrogens is 348 g/mol. The van der Waals surface area contributed by atoms with Crippen LogP contribution in [-0.2, 0) is 0 Å². The second-order valence-electron chi connectivity index (χ2n) is 9.26. The zero-order chi connectivity index (χ0) is 20.2. The van der Waals surface area contributed by atoms with Crippen LogP contribution >= 0.6 is 0 Å². The van der Waals surface area contributed by atoms with Gasteiger partial charge in [0.05, 0.1) is 0 Å². The van der Waals surface area contributed by atoms with Gasteiger partial charge in [-0.3, -0.25) is 0 Å². The number of nitrogens with one attached hydrogen (secondary N) is 2. The highest BCUT2D eigenvalue weighted by atomic mass is 16.5. The quantitative estimate of drug-likeness (QED) is 0.678. The van der Waals surface area contributed by atoms with E-state index in [-0.39, 0.29) is 17.7 Å². The van der Waals surface area contributed by atoms with Gasteiger partial charge in [-0.1, -0.05) is 42.5 Å². The van der Waals surface area contributed by atoms with Crippen molar-refractivity contribution in [2.75, 3.05) is 13.2 Å². The monoisotopic (exact) mass is 382 g/mol. The molecule has 0 aliphatic carbocycles. The molecule has 4 heteroatoms. The van der Waals surface area contributed by atoms with Crippen molar-refractivity contribution in [3.05, 3.63) is 54.6 Å². The average Bonchev–Trinajstić information content (AvgIpc) is 2.63. The summed E-state index contributed by atoms with van der Waals surface area (Å²) in [4.78, 5) is 0. The number of rotatable bonds is 7. The Morgan fingerprint density at radius 3 is 2.14 bits per heavy atom. The number of hydrogen-bond donors (Lipinski definition) is 3. The summed E-state index contributed by atoms with van der Waals surface area (Å²) in [5.74, 6) is 0.780. The zero-order valence-corrected chi connectivity index (χ0v) is 17.5. The molecular formula is C24H34N2O2. The molecule has 1 aliphatic heterocycles. The van der Waals surface area contributed by atoms with Crippen molar-refractivity contribution in [3.63, 3.8) is 0 Å². The smallest absolute Gasteiger partial charge is 0.119 e. The molecule has 2 aromatic carbocycles. The normalized spacial score (nSPS) is 19.9. The van der Waals surface area contributed by atoms with Gasteiger partial charge < -0.3 is 20.5 Å². The van der Waals surface area contributed by atoms with Crippen molar-refractivity contribution in [1.29, 1.82) is 0 Å². The molecule has 0 spiro atoms. The Morgan fingerprint density at radius 2 is 1.54 bits per heavy atom. The molecule has 1 fully saturated rings. The maximum absolute atomic E-state index is 10.3. The molecule has 28 heavy (non-hydrogen) atoms. The largest absolute Gasteiger partial charge is 0.491 e.